The SMILES string of the molecule is CC=CC(=O)O[Si](C)(C)O[Si](C)(C)OC(=O)C=CC. The summed E-state index contributed by atoms with van der Waals surface area (Å²) in [6.07, 6.45) is 5.86. The van der Waals surface area contributed by atoms with Crippen LogP contribution >= 0.6 is 0 Å². The van der Waals surface area contributed by atoms with Gasteiger partial charge in [0, 0.05) is 12.2 Å². The minimum atomic E-state index is -2.67. The molecule has 0 rings (SSSR count). The number of hydrogen-bond acceptors (Lipinski definition) is 5. The average Bonchev–Trinajstić information content (AvgIpc) is 2.13. The molecular formula is C12H22O5Si2. The molecule has 0 saturated carbocycles. The Labute approximate surface area is 116 Å². The molecule has 108 valence electrons. The number of carbonyl (C=O) groups excluding carboxylic acids is 2. The molecule has 0 fully saturated rings. The zero-order valence-electron chi connectivity index (χ0n) is 12.4. The van der Waals surface area contributed by atoms with Crippen LogP contribution in [-0.2, 0) is 22.6 Å². The molecule has 0 amide bonds. The van der Waals surface area contributed by atoms with E-state index in [-0.39, 0.29) is 0 Å². The molecule has 0 unspecified atom stereocenters. The van der Waals surface area contributed by atoms with Crippen LogP contribution in [0.15, 0.2) is 24.3 Å². The molecule has 7 heteroatoms. The van der Waals surface area contributed by atoms with Gasteiger partial charge in [0.1, 0.15) is 0 Å². The Morgan fingerprint density at radius 2 is 1.11 bits per heavy atom. The van der Waals surface area contributed by atoms with Gasteiger partial charge in [-0.25, -0.2) is 9.59 Å². The molecule has 0 aliphatic heterocycles. The second-order valence-corrected chi connectivity index (χ2v) is 11.6. The van der Waals surface area contributed by atoms with E-state index < -0.39 is 29.1 Å². The molecule has 19 heavy (non-hydrogen) atoms. The molecule has 0 saturated heterocycles. The van der Waals surface area contributed by atoms with E-state index in [0.29, 0.717) is 0 Å². The number of rotatable bonds is 6. The average molecular weight is 302 g/mol. The quantitative estimate of drug-likeness (QED) is 0.557. The van der Waals surface area contributed by atoms with Gasteiger partial charge < -0.3 is 13.0 Å². The Morgan fingerprint density at radius 1 is 0.789 bits per heavy atom. The summed E-state index contributed by atoms with van der Waals surface area (Å²) in [4.78, 5) is 22.8. The molecule has 0 bridgehead atoms. The minimum absolute atomic E-state index is 0.441. The van der Waals surface area contributed by atoms with E-state index in [1.54, 1.807) is 52.2 Å². The molecule has 0 spiro atoms. The van der Waals surface area contributed by atoms with Gasteiger partial charge >= 0.3 is 29.1 Å². The maximum Gasteiger partial charge on any atom is 0.387 e. The van der Waals surface area contributed by atoms with Gasteiger partial charge in [-0.2, -0.15) is 0 Å². The summed E-state index contributed by atoms with van der Waals surface area (Å²) in [5.74, 6) is -0.882. The van der Waals surface area contributed by atoms with Crippen LogP contribution in [-0.4, -0.2) is 29.1 Å². The van der Waals surface area contributed by atoms with E-state index in [1.807, 2.05) is 0 Å². The standard InChI is InChI=1S/C12H22O5Si2/c1-7-9-11(13)15-18(3,4)17-19(5,6)16-12(14)10-8-2/h7-10H,1-6H3. The van der Waals surface area contributed by atoms with E-state index in [2.05, 4.69) is 0 Å². The van der Waals surface area contributed by atoms with Crippen LogP contribution in [0.2, 0.25) is 26.2 Å². The normalized spacial score (nSPS) is 12.9. The Bertz CT molecular complexity index is 350. The lowest BCUT2D eigenvalue weighted by Gasteiger charge is -2.31. The highest BCUT2D eigenvalue weighted by molar-refractivity contribution is 6.80. The van der Waals surface area contributed by atoms with Gasteiger partial charge in [0.15, 0.2) is 0 Å². The first-order chi connectivity index (χ1) is 8.62. The third kappa shape index (κ3) is 8.52. The molecular weight excluding hydrogens is 280 g/mol. The van der Waals surface area contributed by atoms with E-state index in [0.717, 1.165) is 0 Å². The lowest BCUT2D eigenvalue weighted by atomic mass is 10.5. The summed E-state index contributed by atoms with van der Waals surface area (Å²) >= 11 is 0. The van der Waals surface area contributed by atoms with Crippen molar-refractivity contribution >= 4 is 29.1 Å². The van der Waals surface area contributed by atoms with Crippen LogP contribution in [0.1, 0.15) is 13.8 Å². The van der Waals surface area contributed by atoms with Gasteiger partial charge in [0.25, 0.3) is 0 Å². The molecule has 0 N–H and O–H groups in total. The van der Waals surface area contributed by atoms with Gasteiger partial charge in [-0.1, -0.05) is 12.2 Å². The molecule has 0 aliphatic rings. The molecule has 0 radical (unpaired) electrons. The van der Waals surface area contributed by atoms with Gasteiger partial charge in [-0.15, -0.1) is 0 Å². The summed E-state index contributed by atoms with van der Waals surface area (Å²) in [5.41, 5.74) is 0. The van der Waals surface area contributed by atoms with Crippen LogP contribution in [0.3, 0.4) is 0 Å². The first kappa shape index (κ1) is 17.8. The monoisotopic (exact) mass is 302 g/mol. The Morgan fingerprint density at radius 3 is 1.37 bits per heavy atom. The largest absolute Gasteiger partial charge is 0.492 e. The van der Waals surface area contributed by atoms with Gasteiger partial charge in [0.05, 0.1) is 0 Å². The fourth-order valence-electron chi connectivity index (χ4n) is 1.46. The zero-order chi connectivity index (χ0) is 15.1. The minimum Gasteiger partial charge on any atom is -0.492 e. The fraction of sp³-hybridized carbons (Fsp3) is 0.500. The molecule has 0 aromatic carbocycles. The van der Waals surface area contributed by atoms with Crippen LogP contribution in [0.5, 0.6) is 0 Å². The number of allylic oxidation sites excluding steroid dienone is 2. The second kappa shape index (κ2) is 7.41. The Hall–Kier alpha value is -1.19. The second-order valence-electron chi connectivity index (χ2n) is 4.74. The highest BCUT2D eigenvalue weighted by Gasteiger charge is 2.40. The van der Waals surface area contributed by atoms with Crippen LogP contribution in [0.4, 0.5) is 0 Å². The van der Waals surface area contributed by atoms with E-state index in [1.165, 1.54) is 12.2 Å². The van der Waals surface area contributed by atoms with Crippen molar-refractivity contribution in [3.63, 3.8) is 0 Å². The number of carbonyl (C=O) groups is 2. The lowest BCUT2D eigenvalue weighted by Crippen LogP contribution is -2.50. The van der Waals surface area contributed by atoms with Crippen molar-refractivity contribution in [3.05, 3.63) is 24.3 Å². The Kier molecular flexibility index (Phi) is 6.95. The number of hydrogen-bond donors (Lipinski definition) is 0. The molecule has 0 aromatic rings. The summed E-state index contributed by atoms with van der Waals surface area (Å²) in [6, 6.07) is 0. The third-order valence-corrected chi connectivity index (χ3v) is 7.11. The van der Waals surface area contributed by atoms with Crippen LogP contribution < -0.4 is 0 Å². The summed E-state index contributed by atoms with van der Waals surface area (Å²) in [7, 11) is -5.34. The molecule has 0 atom stereocenters. The fourth-order valence-corrected chi connectivity index (χ4v) is 7.63. The van der Waals surface area contributed by atoms with Crippen molar-refractivity contribution in [3.8, 4) is 0 Å². The Balaban J connectivity index is 4.61. The van der Waals surface area contributed by atoms with Crippen molar-refractivity contribution in [2.24, 2.45) is 0 Å². The van der Waals surface area contributed by atoms with Crippen molar-refractivity contribution in [2.75, 3.05) is 0 Å². The zero-order valence-corrected chi connectivity index (χ0v) is 14.4. The van der Waals surface area contributed by atoms with Crippen molar-refractivity contribution in [1.29, 1.82) is 0 Å². The van der Waals surface area contributed by atoms with E-state index in [9.17, 15) is 9.59 Å². The first-order valence-electron chi connectivity index (χ1n) is 6.03. The predicted octanol–water partition coefficient (Wildman–Crippen LogP) is 2.65. The highest BCUT2D eigenvalue weighted by atomic mass is 28.5. The van der Waals surface area contributed by atoms with Crippen molar-refractivity contribution in [1.82, 2.24) is 0 Å². The topological polar surface area (TPSA) is 61.8 Å². The summed E-state index contributed by atoms with van der Waals surface area (Å²) in [6.45, 7) is 10.4. The van der Waals surface area contributed by atoms with Crippen LogP contribution in [0, 0.1) is 0 Å². The first-order valence-corrected chi connectivity index (χ1v) is 11.7. The van der Waals surface area contributed by atoms with E-state index in [4.69, 9.17) is 13.0 Å². The maximum absolute atomic E-state index is 11.4. The lowest BCUT2D eigenvalue weighted by molar-refractivity contribution is -0.131. The van der Waals surface area contributed by atoms with Gasteiger partial charge in [-0.3, -0.25) is 0 Å². The van der Waals surface area contributed by atoms with Gasteiger partial charge in [-0.05, 0) is 40.0 Å². The maximum atomic E-state index is 11.4. The third-order valence-electron chi connectivity index (χ3n) is 1.79. The van der Waals surface area contributed by atoms with E-state index >= 15 is 0 Å². The highest BCUT2D eigenvalue weighted by Crippen LogP contribution is 2.17. The smallest absolute Gasteiger partial charge is 0.387 e. The van der Waals surface area contributed by atoms with Crippen molar-refractivity contribution in [2.45, 2.75) is 40.0 Å². The molecule has 0 aliphatic carbocycles. The summed E-state index contributed by atoms with van der Waals surface area (Å²) < 4.78 is 16.3. The molecule has 5 nitrogen and oxygen atoms in total. The predicted molar refractivity (Wildman–Crippen MR) is 77.9 cm³/mol. The summed E-state index contributed by atoms with van der Waals surface area (Å²) in [5, 5.41) is 0. The van der Waals surface area contributed by atoms with Gasteiger partial charge in [0.2, 0.25) is 0 Å². The van der Waals surface area contributed by atoms with Crippen LogP contribution in [0.25, 0.3) is 0 Å². The molecule has 0 heterocycles. The van der Waals surface area contributed by atoms with Crippen molar-refractivity contribution < 1.29 is 22.6 Å². The molecule has 0 aromatic heterocycles.